The molecule has 2 saturated carbocycles. The highest BCUT2D eigenvalue weighted by atomic mass is 32.1. The number of carbonyl (C=O) groups excluding carboxylic acids is 1. The first kappa shape index (κ1) is 14.8. The van der Waals surface area contributed by atoms with E-state index in [2.05, 4.69) is 25.6 Å². The van der Waals surface area contributed by atoms with E-state index in [-0.39, 0.29) is 16.9 Å². The maximum Gasteiger partial charge on any atom is 0.271 e. The normalized spacial score (nSPS) is 29.4. The maximum atomic E-state index is 12.6. The van der Waals surface area contributed by atoms with Crippen LogP contribution in [0, 0.1) is 6.92 Å². The van der Waals surface area contributed by atoms with Gasteiger partial charge < -0.3 is 5.32 Å². The minimum Gasteiger partial charge on any atom is -0.345 e. The van der Waals surface area contributed by atoms with Gasteiger partial charge in [0.05, 0.1) is 16.9 Å². The predicted octanol–water partition coefficient (Wildman–Crippen LogP) is 3.02. The van der Waals surface area contributed by atoms with E-state index in [4.69, 9.17) is 0 Å². The number of carbonyl (C=O) groups is 1. The van der Waals surface area contributed by atoms with Crippen LogP contribution in [-0.4, -0.2) is 26.4 Å². The minimum absolute atomic E-state index is 0.0990. The Morgan fingerprint density at radius 1 is 1.26 bits per heavy atom. The molecule has 0 aromatic carbocycles. The Morgan fingerprint density at radius 2 is 2.17 bits per heavy atom. The van der Waals surface area contributed by atoms with Crippen LogP contribution >= 0.6 is 11.3 Å². The average Bonchev–Trinajstić information content (AvgIpc) is 3.16. The Hall–Kier alpha value is -1.82. The third-order valence-corrected chi connectivity index (χ3v) is 6.34. The van der Waals surface area contributed by atoms with E-state index in [1.807, 2.05) is 13.1 Å². The van der Waals surface area contributed by atoms with Gasteiger partial charge in [-0.2, -0.15) is 0 Å². The van der Waals surface area contributed by atoms with E-state index in [0.717, 1.165) is 37.8 Å². The number of aromatic nitrogens is 3. The van der Waals surface area contributed by atoms with Crippen molar-refractivity contribution in [2.75, 3.05) is 0 Å². The minimum atomic E-state index is -0.105. The number of fused-ring (bicyclic) bond motifs is 2. The van der Waals surface area contributed by atoms with Crippen molar-refractivity contribution in [3.05, 3.63) is 40.4 Å². The topological polar surface area (TPSA) is 67.8 Å². The fraction of sp³-hybridized carbons (Fsp3) is 0.529. The quantitative estimate of drug-likeness (QED) is 0.940. The third kappa shape index (κ3) is 2.55. The lowest BCUT2D eigenvalue weighted by molar-refractivity contribution is 0.0869. The first-order valence-electron chi connectivity index (χ1n) is 8.12. The van der Waals surface area contributed by atoms with Gasteiger partial charge in [-0.3, -0.25) is 9.78 Å². The first-order valence-corrected chi connectivity index (χ1v) is 9.00. The van der Waals surface area contributed by atoms with Crippen LogP contribution < -0.4 is 5.32 Å². The summed E-state index contributed by atoms with van der Waals surface area (Å²) in [6.07, 6.45) is 11.6. The second-order valence-corrected chi connectivity index (χ2v) is 7.82. The highest BCUT2D eigenvalue weighted by Crippen LogP contribution is 2.55. The number of amides is 1. The molecular weight excluding hydrogens is 308 g/mol. The van der Waals surface area contributed by atoms with Crippen molar-refractivity contribution < 1.29 is 4.79 Å². The Labute approximate surface area is 139 Å². The maximum absolute atomic E-state index is 12.6. The van der Waals surface area contributed by atoms with Crippen LogP contribution in [0.1, 0.15) is 59.7 Å². The molecule has 23 heavy (non-hydrogen) atoms. The van der Waals surface area contributed by atoms with Gasteiger partial charge in [-0.05, 0) is 39.0 Å². The van der Waals surface area contributed by atoms with Crippen molar-refractivity contribution in [3.63, 3.8) is 0 Å². The van der Waals surface area contributed by atoms with Crippen molar-refractivity contribution >= 4 is 17.2 Å². The summed E-state index contributed by atoms with van der Waals surface area (Å²) in [6.45, 7) is 1.85. The van der Waals surface area contributed by atoms with Crippen LogP contribution in [0.4, 0.5) is 0 Å². The van der Waals surface area contributed by atoms with E-state index < -0.39 is 0 Å². The molecule has 0 radical (unpaired) electrons. The van der Waals surface area contributed by atoms with Gasteiger partial charge in [0.15, 0.2) is 0 Å². The van der Waals surface area contributed by atoms with Crippen molar-refractivity contribution in [1.29, 1.82) is 0 Å². The molecule has 2 atom stereocenters. The Balaban J connectivity index is 1.56. The van der Waals surface area contributed by atoms with Crippen LogP contribution in [0.2, 0.25) is 0 Å². The van der Waals surface area contributed by atoms with Crippen LogP contribution in [-0.2, 0) is 5.41 Å². The SMILES string of the molecule is Cc1cncc(C(=O)NC23CCCC(c4nccs4)(CC2)C3)n1. The van der Waals surface area contributed by atoms with E-state index in [9.17, 15) is 4.79 Å². The zero-order chi connectivity index (χ0) is 15.9. The van der Waals surface area contributed by atoms with Crippen molar-refractivity contribution in [3.8, 4) is 0 Å². The summed E-state index contributed by atoms with van der Waals surface area (Å²) in [7, 11) is 0. The molecule has 2 aromatic heterocycles. The molecule has 2 fully saturated rings. The molecule has 2 unspecified atom stereocenters. The smallest absolute Gasteiger partial charge is 0.271 e. The summed E-state index contributed by atoms with van der Waals surface area (Å²) in [5.41, 5.74) is 1.24. The van der Waals surface area contributed by atoms with E-state index in [0.29, 0.717) is 5.69 Å². The summed E-state index contributed by atoms with van der Waals surface area (Å²) in [4.78, 5) is 25.6. The molecule has 2 aliphatic carbocycles. The van der Waals surface area contributed by atoms with Gasteiger partial charge >= 0.3 is 0 Å². The summed E-state index contributed by atoms with van der Waals surface area (Å²) in [5.74, 6) is -0.0990. The standard InChI is InChI=1S/C17H20N4OS/c1-12-9-18-10-13(20-12)14(22)21-17-4-2-3-16(11-17,5-6-17)15-19-7-8-23-15/h7-10H,2-6,11H2,1H3,(H,21,22). The zero-order valence-electron chi connectivity index (χ0n) is 13.2. The molecule has 2 heterocycles. The molecule has 2 bridgehead atoms. The summed E-state index contributed by atoms with van der Waals surface area (Å²) < 4.78 is 0. The lowest BCUT2D eigenvalue weighted by Crippen LogP contribution is -2.50. The molecule has 0 saturated heterocycles. The lowest BCUT2D eigenvalue weighted by Gasteiger charge is -2.39. The third-order valence-electron chi connectivity index (χ3n) is 5.32. The monoisotopic (exact) mass is 328 g/mol. The van der Waals surface area contributed by atoms with Crippen molar-refractivity contribution in [1.82, 2.24) is 20.3 Å². The number of rotatable bonds is 3. The van der Waals surface area contributed by atoms with Gasteiger partial charge in [-0.25, -0.2) is 9.97 Å². The molecule has 6 heteroatoms. The van der Waals surface area contributed by atoms with Crippen LogP contribution in [0.25, 0.3) is 0 Å². The van der Waals surface area contributed by atoms with E-state index in [1.165, 1.54) is 11.4 Å². The molecule has 5 nitrogen and oxygen atoms in total. The van der Waals surface area contributed by atoms with Gasteiger partial charge in [0.25, 0.3) is 5.91 Å². The number of nitrogens with zero attached hydrogens (tertiary/aromatic N) is 3. The second kappa shape index (κ2) is 5.37. The molecule has 4 rings (SSSR count). The second-order valence-electron chi connectivity index (χ2n) is 6.93. The fourth-order valence-corrected chi connectivity index (χ4v) is 5.22. The molecule has 120 valence electrons. The Bertz CT molecular complexity index is 732. The largest absolute Gasteiger partial charge is 0.345 e. The van der Waals surface area contributed by atoms with Crippen molar-refractivity contribution in [2.24, 2.45) is 0 Å². The summed E-state index contributed by atoms with van der Waals surface area (Å²) >= 11 is 1.75. The van der Waals surface area contributed by atoms with E-state index in [1.54, 1.807) is 23.7 Å². The van der Waals surface area contributed by atoms with Crippen LogP contribution in [0.15, 0.2) is 24.0 Å². The number of nitrogens with one attached hydrogen (secondary N) is 1. The number of aryl methyl sites for hydroxylation is 1. The predicted molar refractivity (Wildman–Crippen MR) is 88.5 cm³/mol. The van der Waals surface area contributed by atoms with Gasteiger partial charge in [0, 0.05) is 28.7 Å². The van der Waals surface area contributed by atoms with Gasteiger partial charge in [-0.1, -0.05) is 6.42 Å². The van der Waals surface area contributed by atoms with Crippen molar-refractivity contribution in [2.45, 2.75) is 56.4 Å². The molecule has 2 aliphatic rings. The highest BCUT2D eigenvalue weighted by molar-refractivity contribution is 7.09. The number of hydrogen-bond donors (Lipinski definition) is 1. The highest BCUT2D eigenvalue weighted by Gasteiger charge is 2.53. The molecule has 0 aliphatic heterocycles. The first-order chi connectivity index (χ1) is 11.1. The molecule has 1 amide bonds. The lowest BCUT2D eigenvalue weighted by atomic mass is 9.73. The fourth-order valence-electron chi connectivity index (χ4n) is 4.32. The van der Waals surface area contributed by atoms with Crippen LogP contribution in [0.3, 0.4) is 0 Å². The van der Waals surface area contributed by atoms with E-state index >= 15 is 0 Å². The van der Waals surface area contributed by atoms with Crippen LogP contribution in [0.5, 0.6) is 0 Å². The van der Waals surface area contributed by atoms with Gasteiger partial charge in [0.2, 0.25) is 0 Å². The Morgan fingerprint density at radius 3 is 2.96 bits per heavy atom. The summed E-state index contributed by atoms with van der Waals surface area (Å²) in [5, 5.41) is 6.58. The Kier molecular flexibility index (Phi) is 3.44. The molecule has 0 spiro atoms. The average molecular weight is 328 g/mol. The summed E-state index contributed by atoms with van der Waals surface area (Å²) in [6, 6.07) is 0. The van der Waals surface area contributed by atoms with Gasteiger partial charge in [-0.15, -0.1) is 11.3 Å². The number of hydrogen-bond acceptors (Lipinski definition) is 5. The van der Waals surface area contributed by atoms with Gasteiger partial charge in [0.1, 0.15) is 5.69 Å². The molecule has 2 aromatic rings. The zero-order valence-corrected chi connectivity index (χ0v) is 14.0. The number of thiazole rings is 1. The molecule has 1 N–H and O–H groups in total. The molecular formula is C17H20N4OS.